The molecule has 7 heteroatoms. The average Bonchev–Trinajstić information content (AvgIpc) is 3.06. The zero-order chi connectivity index (χ0) is 18.7. The van der Waals surface area contributed by atoms with E-state index in [1.54, 1.807) is 19.9 Å². The van der Waals surface area contributed by atoms with E-state index < -0.39 is 0 Å². The number of piperazine rings is 1. The third-order valence-corrected chi connectivity index (χ3v) is 4.76. The molecule has 0 aliphatic carbocycles. The minimum atomic E-state index is -0.241. The van der Waals surface area contributed by atoms with Crippen LogP contribution in [0.3, 0.4) is 0 Å². The first kappa shape index (κ1) is 18.1. The van der Waals surface area contributed by atoms with Gasteiger partial charge in [0.05, 0.1) is 6.04 Å². The van der Waals surface area contributed by atoms with Gasteiger partial charge in [-0.2, -0.15) is 0 Å². The SMILES string of the molecule is CC(=O)c1ccc(N2CCN([C@H](C)C(=O)Nc3cc(C)on3)CC2)cc1. The number of ketones is 1. The van der Waals surface area contributed by atoms with Crippen LogP contribution >= 0.6 is 0 Å². The second-order valence-electron chi connectivity index (χ2n) is 6.61. The highest BCUT2D eigenvalue weighted by Gasteiger charge is 2.26. The topological polar surface area (TPSA) is 78.7 Å². The molecule has 1 saturated heterocycles. The molecule has 1 amide bonds. The lowest BCUT2D eigenvalue weighted by Crippen LogP contribution is -2.52. The van der Waals surface area contributed by atoms with E-state index in [2.05, 4.69) is 20.3 Å². The Morgan fingerprint density at radius 1 is 1.15 bits per heavy atom. The standard InChI is InChI=1S/C19H24N4O3/c1-13-12-18(21-26-13)20-19(25)14(2)22-8-10-23(11-9-22)17-6-4-16(5-7-17)15(3)24/h4-7,12,14H,8-11H2,1-3H3,(H,20,21,25)/t14-/m1/s1. The van der Waals surface area contributed by atoms with Crippen LogP contribution < -0.4 is 10.2 Å². The third kappa shape index (κ3) is 4.11. The van der Waals surface area contributed by atoms with Gasteiger partial charge in [0.2, 0.25) is 5.91 Å². The zero-order valence-corrected chi connectivity index (χ0v) is 15.4. The molecule has 0 spiro atoms. The van der Waals surface area contributed by atoms with Crippen molar-refractivity contribution in [2.75, 3.05) is 36.4 Å². The minimum Gasteiger partial charge on any atom is -0.369 e. The number of Topliss-reactive ketones (excluding diaryl/α,β-unsaturated/α-hetero) is 1. The van der Waals surface area contributed by atoms with Gasteiger partial charge in [0.1, 0.15) is 5.76 Å². The van der Waals surface area contributed by atoms with Crippen LogP contribution in [0.25, 0.3) is 0 Å². The molecule has 1 aliphatic heterocycles. The number of benzene rings is 1. The van der Waals surface area contributed by atoms with Crippen molar-refractivity contribution in [3.8, 4) is 0 Å². The lowest BCUT2D eigenvalue weighted by molar-refractivity contribution is -0.120. The average molecular weight is 356 g/mol. The number of aryl methyl sites for hydroxylation is 1. The Labute approximate surface area is 152 Å². The molecule has 2 heterocycles. The number of amides is 1. The van der Waals surface area contributed by atoms with Crippen LogP contribution in [0.5, 0.6) is 0 Å². The van der Waals surface area contributed by atoms with E-state index in [-0.39, 0.29) is 17.7 Å². The smallest absolute Gasteiger partial charge is 0.242 e. The molecule has 0 bridgehead atoms. The van der Waals surface area contributed by atoms with Gasteiger partial charge in [-0.3, -0.25) is 14.5 Å². The Bertz CT molecular complexity index is 776. The van der Waals surface area contributed by atoms with Gasteiger partial charge in [-0.15, -0.1) is 0 Å². The molecule has 2 aromatic rings. The van der Waals surface area contributed by atoms with Gasteiger partial charge in [0.15, 0.2) is 11.6 Å². The van der Waals surface area contributed by atoms with Gasteiger partial charge < -0.3 is 14.7 Å². The summed E-state index contributed by atoms with van der Waals surface area (Å²) in [5.74, 6) is 1.10. The number of carbonyl (C=O) groups excluding carboxylic acids is 2. The minimum absolute atomic E-state index is 0.0727. The second-order valence-corrected chi connectivity index (χ2v) is 6.61. The number of nitrogens with zero attached hydrogens (tertiary/aromatic N) is 3. The number of hydrogen-bond acceptors (Lipinski definition) is 6. The molecule has 1 aromatic heterocycles. The number of anilines is 2. The summed E-state index contributed by atoms with van der Waals surface area (Å²) in [5.41, 5.74) is 1.82. The lowest BCUT2D eigenvalue weighted by atomic mass is 10.1. The van der Waals surface area contributed by atoms with Gasteiger partial charge in [0, 0.05) is 43.5 Å². The van der Waals surface area contributed by atoms with Crippen molar-refractivity contribution in [1.82, 2.24) is 10.1 Å². The quantitative estimate of drug-likeness (QED) is 0.829. The molecule has 26 heavy (non-hydrogen) atoms. The predicted octanol–water partition coefficient (Wildman–Crippen LogP) is 2.33. The first-order valence-electron chi connectivity index (χ1n) is 8.78. The number of aromatic nitrogens is 1. The molecule has 0 saturated carbocycles. The highest BCUT2D eigenvalue weighted by atomic mass is 16.5. The van der Waals surface area contributed by atoms with Crippen molar-refractivity contribution in [3.63, 3.8) is 0 Å². The molecule has 3 rings (SSSR count). The maximum atomic E-state index is 12.4. The largest absolute Gasteiger partial charge is 0.369 e. The van der Waals surface area contributed by atoms with Crippen LogP contribution in [0.4, 0.5) is 11.5 Å². The Hall–Kier alpha value is -2.67. The van der Waals surface area contributed by atoms with Crippen LogP contribution in [0.1, 0.15) is 30.0 Å². The van der Waals surface area contributed by atoms with E-state index in [4.69, 9.17) is 4.52 Å². The highest BCUT2D eigenvalue weighted by Crippen LogP contribution is 2.19. The molecule has 7 nitrogen and oxygen atoms in total. The number of hydrogen-bond donors (Lipinski definition) is 1. The van der Waals surface area contributed by atoms with Crippen molar-refractivity contribution in [1.29, 1.82) is 0 Å². The monoisotopic (exact) mass is 356 g/mol. The summed E-state index contributed by atoms with van der Waals surface area (Å²) < 4.78 is 4.97. The molecule has 1 aliphatic rings. The summed E-state index contributed by atoms with van der Waals surface area (Å²) in [6, 6.07) is 9.15. The van der Waals surface area contributed by atoms with Crippen molar-refractivity contribution < 1.29 is 14.1 Å². The number of nitrogens with one attached hydrogen (secondary N) is 1. The molecule has 138 valence electrons. The van der Waals surface area contributed by atoms with Gasteiger partial charge in [-0.1, -0.05) is 5.16 Å². The van der Waals surface area contributed by atoms with Crippen molar-refractivity contribution in [2.24, 2.45) is 0 Å². The van der Waals surface area contributed by atoms with Crippen LogP contribution in [-0.2, 0) is 4.79 Å². The summed E-state index contributed by atoms with van der Waals surface area (Å²) in [6.07, 6.45) is 0. The van der Waals surface area contributed by atoms with E-state index in [0.29, 0.717) is 11.6 Å². The first-order valence-corrected chi connectivity index (χ1v) is 8.78. The molecule has 0 radical (unpaired) electrons. The van der Waals surface area contributed by atoms with Crippen LogP contribution in [0.15, 0.2) is 34.9 Å². The van der Waals surface area contributed by atoms with E-state index >= 15 is 0 Å². The Kier molecular flexibility index (Phi) is 5.37. The molecule has 1 aromatic carbocycles. The second kappa shape index (κ2) is 7.70. The molecular formula is C19H24N4O3. The van der Waals surface area contributed by atoms with E-state index in [0.717, 1.165) is 37.4 Å². The highest BCUT2D eigenvalue weighted by molar-refractivity contribution is 5.94. The lowest BCUT2D eigenvalue weighted by Gasteiger charge is -2.38. The summed E-state index contributed by atoms with van der Waals surface area (Å²) in [7, 11) is 0. The Morgan fingerprint density at radius 3 is 2.35 bits per heavy atom. The summed E-state index contributed by atoms with van der Waals surface area (Å²) in [6.45, 7) is 8.51. The molecule has 1 N–H and O–H groups in total. The first-order chi connectivity index (χ1) is 12.4. The van der Waals surface area contributed by atoms with Crippen LogP contribution in [0, 0.1) is 6.92 Å². The summed E-state index contributed by atoms with van der Waals surface area (Å²) in [5, 5.41) is 6.59. The van der Waals surface area contributed by atoms with Gasteiger partial charge in [-0.25, -0.2) is 0 Å². The van der Waals surface area contributed by atoms with E-state index in [1.807, 2.05) is 31.2 Å². The van der Waals surface area contributed by atoms with Crippen LogP contribution in [-0.4, -0.2) is 54.0 Å². The molecule has 0 unspecified atom stereocenters. The summed E-state index contributed by atoms with van der Waals surface area (Å²) in [4.78, 5) is 28.2. The Morgan fingerprint density at radius 2 is 1.81 bits per heavy atom. The maximum Gasteiger partial charge on any atom is 0.242 e. The normalized spacial score (nSPS) is 16.3. The van der Waals surface area contributed by atoms with Gasteiger partial charge >= 0.3 is 0 Å². The summed E-state index contributed by atoms with van der Waals surface area (Å²) >= 11 is 0. The van der Waals surface area contributed by atoms with E-state index in [1.165, 1.54) is 0 Å². The van der Waals surface area contributed by atoms with Crippen molar-refractivity contribution in [2.45, 2.75) is 26.8 Å². The zero-order valence-electron chi connectivity index (χ0n) is 15.4. The molecular weight excluding hydrogens is 332 g/mol. The fourth-order valence-electron chi connectivity index (χ4n) is 3.10. The number of carbonyl (C=O) groups is 2. The van der Waals surface area contributed by atoms with Crippen molar-refractivity contribution >= 4 is 23.2 Å². The third-order valence-electron chi connectivity index (χ3n) is 4.76. The fourth-order valence-corrected chi connectivity index (χ4v) is 3.10. The van der Waals surface area contributed by atoms with E-state index in [9.17, 15) is 9.59 Å². The molecule has 1 fully saturated rings. The van der Waals surface area contributed by atoms with Crippen molar-refractivity contribution in [3.05, 3.63) is 41.7 Å². The predicted molar refractivity (Wildman–Crippen MR) is 99.6 cm³/mol. The maximum absolute atomic E-state index is 12.4. The van der Waals surface area contributed by atoms with Gasteiger partial charge in [0.25, 0.3) is 0 Å². The fraction of sp³-hybridized carbons (Fsp3) is 0.421. The Balaban J connectivity index is 1.54. The number of rotatable bonds is 5. The molecule has 1 atom stereocenters. The van der Waals surface area contributed by atoms with Crippen LogP contribution in [0.2, 0.25) is 0 Å². The van der Waals surface area contributed by atoms with Gasteiger partial charge in [-0.05, 0) is 45.0 Å².